The van der Waals surface area contributed by atoms with Crippen molar-refractivity contribution >= 4 is 11.9 Å². The van der Waals surface area contributed by atoms with E-state index in [0.29, 0.717) is 6.07 Å². The second kappa shape index (κ2) is 7.30. The molecule has 1 N–H and O–H groups in total. The molecule has 1 aromatic carbocycles. The Morgan fingerprint density at radius 2 is 1.84 bits per heavy atom. The number of halogens is 2. The molecule has 1 amide bonds. The molecule has 0 unspecified atom stereocenters. The molecule has 0 aliphatic carbocycles. The van der Waals surface area contributed by atoms with Gasteiger partial charge in [0.15, 0.2) is 6.61 Å². The summed E-state index contributed by atoms with van der Waals surface area (Å²) < 4.78 is 34.9. The number of carbonyl (C=O) groups excluding carboxylic acids is 2. The largest absolute Gasteiger partial charge is 0.484 e. The van der Waals surface area contributed by atoms with E-state index in [0.717, 1.165) is 12.1 Å². The number of carbonyl (C=O) groups is 2. The van der Waals surface area contributed by atoms with Crippen molar-refractivity contribution in [1.82, 2.24) is 5.32 Å². The molecule has 0 radical (unpaired) electrons. The van der Waals surface area contributed by atoms with Crippen LogP contribution in [0.3, 0.4) is 0 Å². The third-order valence-electron chi connectivity index (χ3n) is 2.08. The summed E-state index contributed by atoms with van der Waals surface area (Å²) in [5.41, 5.74) is 0. The van der Waals surface area contributed by atoms with Gasteiger partial charge in [0.05, 0.1) is 13.5 Å². The van der Waals surface area contributed by atoms with Gasteiger partial charge in [-0.1, -0.05) is 0 Å². The average molecular weight is 273 g/mol. The quantitative estimate of drug-likeness (QED) is 0.786. The zero-order valence-corrected chi connectivity index (χ0v) is 10.2. The van der Waals surface area contributed by atoms with Crippen LogP contribution < -0.4 is 10.1 Å². The molecule has 0 aromatic heterocycles. The van der Waals surface area contributed by atoms with Crippen LogP contribution >= 0.6 is 0 Å². The van der Waals surface area contributed by atoms with Crippen molar-refractivity contribution in [3.05, 3.63) is 29.8 Å². The van der Waals surface area contributed by atoms with Gasteiger partial charge < -0.3 is 14.8 Å². The second-order valence-corrected chi connectivity index (χ2v) is 3.57. The Kier molecular flexibility index (Phi) is 5.72. The third-order valence-corrected chi connectivity index (χ3v) is 2.08. The molecule has 0 aliphatic heterocycles. The number of esters is 1. The Hall–Kier alpha value is -2.18. The summed E-state index contributed by atoms with van der Waals surface area (Å²) in [7, 11) is 1.24. The van der Waals surface area contributed by atoms with Crippen LogP contribution in [-0.2, 0) is 14.3 Å². The summed E-state index contributed by atoms with van der Waals surface area (Å²) in [5.74, 6) is -2.62. The number of nitrogens with one attached hydrogen (secondary N) is 1. The van der Waals surface area contributed by atoms with E-state index < -0.39 is 30.1 Å². The first-order valence-corrected chi connectivity index (χ1v) is 5.43. The molecule has 0 atom stereocenters. The molecule has 0 fully saturated rings. The maximum absolute atomic E-state index is 12.8. The monoisotopic (exact) mass is 273 g/mol. The highest BCUT2D eigenvalue weighted by Crippen LogP contribution is 2.14. The molecule has 0 saturated carbocycles. The van der Waals surface area contributed by atoms with Gasteiger partial charge in [-0.05, 0) is 0 Å². The van der Waals surface area contributed by atoms with E-state index in [9.17, 15) is 18.4 Å². The van der Waals surface area contributed by atoms with Gasteiger partial charge in [0.1, 0.15) is 17.4 Å². The van der Waals surface area contributed by atoms with E-state index in [1.54, 1.807) is 0 Å². The van der Waals surface area contributed by atoms with Crippen LogP contribution in [0.1, 0.15) is 6.42 Å². The topological polar surface area (TPSA) is 64.6 Å². The van der Waals surface area contributed by atoms with Crippen LogP contribution in [0, 0.1) is 11.6 Å². The number of hydrogen-bond donors (Lipinski definition) is 1. The van der Waals surface area contributed by atoms with Crippen LogP contribution in [0.15, 0.2) is 18.2 Å². The Bertz CT molecular complexity index is 445. The molecule has 104 valence electrons. The molecule has 0 heterocycles. The highest BCUT2D eigenvalue weighted by atomic mass is 19.1. The third kappa shape index (κ3) is 5.80. The van der Waals surface area contributed by atoms with Gasteiger partial charge in [-0.2, -0.15) is 0 Å². The molecule has 5 nitrogen and oxygen atoms in total. The summed E-state index contributed by atoms with van der Waals surface area (Å²) in [5, 5.41) is 2.40. The van der Waals surface area contributed by atoms with E-state index in [-0.39, 0.29) is 18.7 Å². The number of amides is 1. The van der Waals surface area contributed by atoms with Crippen molar-refractivity contribution < 1.29 is 27.8 Å². The Balaban J connectivity index is 2.31. The summed E-state index contributed by atoms with van der Waals surface area (Å²) in [6, 6.07) is 2.62. The summed E-state index contributed by atoms with van der Waals surface area (Å²) >= 11 is 0. The van der Waals surface area contributed by atoms with Crippen molar-refractivity contribution in [1.29, 1.82) is 0 Å². The maximum Gasteiger partial charge on any atom is 0.307 e. The van der Waals surface area contributed by atoms with Gasteiger partial charge in [-0.25, -0.2) is 8.78 Å². The standard InChI is InChI=1S/C12H13F2NO4/c1-18-12(17)2-3-15-11(16)7-19-10-5-8(13)4-9(14)6-10/h4-6H,2-3,7H2,1H3,(H,15,16). The summed E-state index contributed by atoms with van der Waals surface area (Å²) in [6.07, 6.45) is 0.0385. The van der Waals surface area contributed by atoms with E-state index in [1.807, 2.05) is 0 Å². The lowest BCUT2D eigenvalue weighted by Crippen LogP contribution is -2.30. The first-order valence-electron chi connectivity index (χ1n) is 5.43. The molecular formula is C12H13F2NO4. The van der Waals surface area contributed by atoms with Crippen molar-refractivity contribution in [2.75, 3.05) is 20.3 Å². The normalized spacial score (nSPS) is 9.84. The smallest absolute Gasteiger partial charge is 0.307 e. The van der Waals surface area contributed by atoms with E-state index in [1.165, 1.54) is 7.11 Å². The first-order chi connectivity index (χ1) is 9.01. The minimum Gasteiger partial charge on any atom is -0.484 e. The molecule has 0 aliphatic rings. The first kappa shape index (κ1) is 14.9. The SMILES string of the molecule is COC(=O)CCNC(=O)COc1cc(F)cc(F)c1. The fraction of sp³-hybridized carbons (Fsp3) is 0.333. The molecule has 7 heteroatoms. The fourth-order valence-corrected chi connectivity index (χ4v) is 1.22. The van der Waals surface area contributed by atoms with Gasteiger partial charge in [0, 0.05) is 24.7 Å². The van der Waals surface area contributed by atoms with Gasteiger partial charge in [0.25, 0.3) is 5.91 Å². The van der Waals surface area contributed by atoms with Gasteiger partial charge in [-0.3, -0.25) is 9.59 Å². The minimum absolute atomic E-state index is 0.0385. The minimum atomic E-state index is -0.791. The van der Waals surface area contributed by atoms with E-state index in [4.69, 9.17) is 4.74 Å². The Morgan fingerprint density at radius 3 is 2.42 bits per heavy atom. The maximum atomic E-state index is 12.8. The predicted octanol–water partition coefficient (Wildman–Crippen LogP) is 1.02. The molecule has 19 heavy (non-hydrogen) atoms. The number of ether oxygens (including phenoxy) is 2. The predicted molar refractivity (Wildman–Crippen MR) is 61.5 cm³/mol. The second-order valence-electron chi connectivity index (χ2n) is 3.57. The van der Waals surface area contributed by atoms with Crippen molar-refractivity contribution in [2.24, 2.45) is 0 Å². The number of rotatable bonds is 6. The van der Waals surface area contributed by atoms with E-state index >= 15 is 0 Å². The lowest BCUT2D eigenvalue weighted by Gasteiger charge is -2.07. The lowest BCUT2D eigenvalue weighted by atomic mass is 10.3. The zero-order chi connectivity index (χ0) is 14.3. The molecule has 1 rings (SSSR count). The number of benzene rings is 1. The highest BCUT2D eigenvalue weighted by molar-refractivity contribution is 5.78. The van der Waals surface area contributed by atoms with Gasteiger partial charge in [0.2, 0.25) is 0 Å². The van der Waals surface area contributed by atoms with Gasteiger partial charge >= 0.3 is 5.97 Å². The van der Waals surface area contributed by atoms with Crippen LogP contribution in [0.2, 0.25) is 0 Å². The van der Waals surface area contributed by atoms with Crippen LogP contribution in [0.5, 0.6) is 5.75 Å². The Labute approximate surface area is 108 Å². The number of methoxy groups -OCH3 is 1. The molecule has 0 bridgehead atoms. The number of hydrogen-bond acceptors (Lipinski definition) is 4. The van der Waals surface area contributed by atoms with Crippen LogP contribution in [-0.4, -0.2) is 32.1 Å². The van der Waals surface area contributed by atoms with E-state index in [2.05, 4.69) is 10.1 Å². The summed E-state index contributed by atoms with van der Waals surface area (Å²) in [4.78, 5) is 22.0. The van der Waals surface area contributed by atoms with Crippen molar-refractivity contribution in [2.45, 2.75) is 6.42 Å². The van der Waals surface area contributed by atoms with Gasteiger partial charge in [-0.15, -0.1) is 0 Å². The Morgan fingerprint density at radius 1 is 1.21 bits per heavy atom. The zero-order valence-electron chi connectivity index (χ0n) is 10.2. The van der Waals surface area contributed by atoms with Crippen molar-refractivity contribution in [3.63, 3.8) is 0 Å². The van der Waals surface area contributed by atoms with Crippen LogP contribution in [0.4, 0.5) is 8.78 Å². The lowest BCUT2D eigenvalue weighted by molar-refractivity contribution is -0.140. The molecule has 1 aromatic rings. The molecule has 0 saturated heterocycles. The average Bonchev–Trinajstić information content (AvgIpc) is 2.35. The highest BCUT2D eigenvalue weighted by Gasteiger charge is 2.06. The fourth-order valence-electron chi connectivity index (χ4n) is 1.22. The molecular weight excluding hydrogens is 260 g/mol. The summed E-state index contributed by atoms with van der Waals surface area (Å²) in [6.45, 7) is -0.295. The van der Waals surface area contributed by atoms with Crippen molar-refractivity contribution in [3.8, 4) is 5.75 Å². The van der Waals surface area contributed by atoms with Crippen LogP contribution in [0.25, 0.3) is 0 Å². The molecule has 0 spiro atoms.